The first kappa shape index (κ1) is 16.7. The van der Waals surface area contributed by atoms with E-state index in [1.54, 1.807) is 7.11 Å². The average Bonchev–Trinajstić information content (AvgIpc) is 2.38. The van der Waals surface area contributed by atoms with Crippen LogP contribution in [0.2, 0.25) is 0 Å². The van der Waals surface area contributed by atoms with E-state index in [0.29, 0.717) is 12.4 Å². The second-order valence-corrected chi connectivity index (χ2v) is 5.83. The molecule has 0 amide bonds. The van der Waals surface area contributed by atoms with Crippen molar-refractivity contribution >= 4 is 28.0 Å². The second-order valence-electron chi connectivity index (χ2n) is 4.92. The van der Waals surface area contributed by atoms with Crippen molar-refractivity contribution in [2.24, 2.45) is 0 Å². The van der Waals surface area contributed by atoms with Crippen LogP contribution in [0.5, 0.6) is 5.75 Å². The molecule has 0 bridgehead atoms. The van der Waals surface area contributed by atoms with Crippen LogP contribution < -0.4 is 4.74 Å². The van der Waals surface area contributed by atoms with Crippen molar-refractivity contribution in [1.82, 2.24) is 0 Å². The number of ether oxygens (including phenoxy) is 2. The fourth-order valence-corrected chi connectivity index (χ4v) is 1.83. The Hall–Kier alpha value is -1.33. The molecule has 0 aliphatic carbocycles. The Kier molecular flexibility index (Phi) is 6.23. The van der Waals surface area contributed by atoms with Gasteiger partial charge < -0.3 is 14.6 Å². The van der Waals surface area contributed by atoms with Gasteiger partial charge >= 0.3 is 5.97 Å². The first-order valence-corrected chi connectivity index (χ1v) is 7.02. The van der Waals surface area contributed by atoms with E-state index in [2.05, 4.69) is 15.9 Å². The summed E-state index contributed by atoms with van der Waals surface area (Å²) in [6.45, 7) is 4.47. The summed E-state index contributed by atoms with van der Waals surface area (Å²) in [6, 6.07) is 5.48. The molecule has 0 aromatic heterocycles. The van der Waals surface area contributed by atoms with E-state index in [4.69, 9.17) is 14.6 Å². The van der Waals surface area contributed by atoms with Gasteiger partial charge in [-0.25, -0.2) is 4.79 Å². The van der Waals surface area contributed by atoms with Crippen LogP contribution in [0.1, 0.15) is 25.8 Å². The summed E-state index contributed by atoms with van der Waals surface area (Å²) in [5, 5.41) is 8.69. The zero-order valence-corrected chi connectivity index (χ0v) is 13.4. The topological polar surface area (TPSA) is 55.8 Å². The lowest BCUT2D eigenvalue weighted by Crippen LogP contribution is -2.25. The van der Waals surface area contributed by atoms with Crippen molar-refractivity contribution < 1.29 is 19.4 Å². The Morgan fingerprint density at radius 2 is 2.15 bits per heavy atom. The molecule has 0 saturated heterocycles. The molecule has 0 spiro atoms. The fourth-order valence-electron chi connectivity index (χ4n) is 1.45. The van der Waals surface area contributed by atoms with Crippen molar-refractivity contribution in [3.05, 3.63) is 34.3 Å². The monoisotopic (exact) mass is 342 g/mol. The highest BCUT2D eigenvalue weighted by atomic mass is 79.9. The number of carboxylic acid groups (broad SMARTS) is 1. The van der Waals surface area contributed by atoms with E-state index in [0.717, 1.165) is 22.5 Å². The van der Waals surface area contributed by atoms with Gasteiger partial charge in [0.05, 0.1) is 12.2 Å². The minimum Gasteiger partial charge on any atom is -0.493 e. The third-order valence-corrected chi connectivity index (χ3v) is 3.38. The van der Waals surface area contributed by atoms with Gasteiger partial charge in [-0.05, 0) is 38.1 Å². The third-order valence-electron chi connectivity index (χ3n) is 2.89. The van der Waals surface area contributed by atoms with Crippen LogP contribution in [0, 0.1) is 0 Å². The van der Waals surface area contributed by atoms with Crippen molar-refractivity contribution in [2.45, 2.75) is 25.9 Å². The van der Waals surface area contributed by atoms with Crippen LogP contribution in [0.15, 0.2) is 28.7 Å². The molecule has 110 valence electrons. The molecule has 20 heavy (non-hydrogen) atoms. The van der Waals surface area contributed by atoms with E-state index >= 15 is 0 Å². The minimum absolute atomic E-state index is 0.244. The van der Waals surface area contributed by atoms with Gasteiger partial charge in [0, 0.05) is 29.6 Å². The number of benzene rings is 1. The van der Waals surface area contributed by atoms with Gasteiger partial charge in [0.15, 0.2) is 0 Å². The van der Waals surface area contributed by atoms with Crippen LogP contribution in [-0.2, 0) is 9.53 Å². The molecule has 1 aromatic rings. The summed E-state index contributed by atoms with van der Waals surface area (Å²) in [7, 11) is 1.67. The zero-order valence-electron chi connectivity index (χ0n) is 11.9. The lowest BCUT2D eigenvalue weighted by molar-refractivity contribution is -0.131. The summed E-state index contributed by atoms with van der Waals surface area (Å²) < 4.78 is 11.9. The molecule has 0 aliphatic heterocycles. The summed E-state index contributed by atoms with van der Waals surface area (Å²) in [6.07, 6.45) is 3.35. The van der Waals surface area contributed by atoms with Gasteiger partial charge in [-0.1, -0.05) is 15.9 Å². The van der Waals surface area contributed by atoms with Crippen LogP contribution in [0.3, 0.4) is 0 Å². The van der Waals surface area contributed by atoms with Gasteiger partial charge in [0.2, 0.25) is 0 Å². The normalized spacial score (nSPS) is 11.8. The smallest absolute Gasteiger partial charge is 0.328 e. The molecule has 0 radical (unpaired) electrons. The highest BCUT2D eigenvalue weighted by Gasteiger charge is 2.16. The molecule has 0 unspecified atom stereocenters. The maximum Gasteiger partial charge on any atom is 0.328 e. The Bertz CT molecular complexity index is 495. The predicted molar refractivity (Wildman–Crippen MR) is 82.0 cm³/mol. The Morgan fingerprint density at radius 1 is 1.45 bits per heavy atom. The lowest BCUT2D eigenvalue weighted by atomic mass is 10.1. The quantitative estimate of drug-likeness (QED) is 0.767. The van der Waals surface area contributed by atoms with Crippen molar-refractivity contribution in [3.63, 3.8) is 0 Å². The number of carboxylic acids is 1. The van der Waals surface area contributed by atoms with Crippen LogP contribution in [0.25, 0.3) is 6.08 Å². The fraction of sp³-hybridized carbons (Fsp3) is 0.400. The zero-order chi connectivity index (χ0) is 15.2. The molecular weight excluding hydrogens is 324 g/mol. The highest BCUT2D eigenvalue weighted by molar-refractivity contribution is 9.10. The molecule has 0 fully saturated rings. The SMILES string of the molecule is COC(C)(C)CCOc1ccc(Br)cc1/C=C/C(=O)O. The summed E-state index contributed by atoms with van der Waals surface area (Å²) in [5.41, 5.74) is 0.476. The van der Waals surface area contributed by atoms with Gasteiger partial charge in [-0.15, -0.1) is 0 Å². The van der Waals surface area contributed by atoms with Crippen molar-refractivity contribution in [3.8, 4) is 5.75 Å². The number of rotatable bonds is 7. The Balaban J connectivity index is 2.76. The summed E-state index contributed by atoms with van der Waals surface area (Å²) in [4.78, 5) is 10.6. The minimum atomic E-state index is -0.989. The molecule has 1 rings (SSSR count). The number of aliphatic carboxylic acids is 1. The first-order valence-electron chi connectivity index (χ1n) is 6.22. The Labute approximate surface area is 127 Å². The van der Waals surface area contributed by atoms with E-state index in [1.807, 2.05) is 32.0 Å². The maximum absolute atomic E-state index is 10.6. The van der Waals surface area contributed by atoms with E-state index in [9.17, 15) is 4.79 Å². The molecular formula is C15H19BrO4. The lowest BCUT2D eigenvalue weighted by Gasteiger charge is -2.23. The van der Waals surface area contributed by atoms with E-state index in [-0.39, 0.29) is 5.60 Å². The van der Waals surface area contributed by atoms with Gasteiger partial charge in [-0.3, -0.25) is 0 Å². The summed E-state index contributed by atoms with van der Waals surface area (Å²) >= 11 is 3.36. The molecule has 1 aromatic carbocycles. The number of hydrogen-bond donors (Lipinski definition) is 1. The number of hydrogen-bond acceptors (Lipinski definition) is 3. The first-order chi connectivity index (χ1) is 9.34. The van der Waals surface area contributed by atoms with Crippen LogP contribution in [-0.4, -0.2) is 30.4 Å². The van der Waals surface area contributed by atoms with Crippen LogP contribution in [0.4, 0.5) is 0 Å². The van der Waals surface area contributed by atoms with Gasteiger partial charge in [0.25, 0.3) is 0 Å². The number of halogens is 1. The molecule has 0 heterocycles. The molecule has 1 N–H and O–H groups in total. The maximum atomic E-state index is 10.6. The van der Waals surface area contributed by atoms with E-state index < -0.39 is 5.97 Å². The van der Waals surface area contributed by atoms with Crippen molar-refractivity contribution in [2.75, 3.05) is 13.7 Å². The summed E-state index contributed by atoms with van der Waals surface area (Å²) in [5.74, 6) is -0.339. The molecule has 0 aliphatic rings. The largest absolute Gasteiger partial charge is 0.493 e. The molecule has 0 saturated carbocycles. The standard InChI is InChI=1S/C15H19BrO4/c1-15(2,19-3)8-9-20-13-6-5-12(16)10-11(13)4-7-14(17)18/h4-7,10H,8-9H2,1-3H3,(H,17,18)/b7-4+. The predicted octanol–water partition coefficient (Wildman–Crippen LogP) is 3.74. The average molecular weight is 343 g/mol. The van der Waals surface area contributed by atoms with Crippen LogP contribution >= 0.6 is 15.9 Å². The molecule has 4 nitrogen and oxygen atoms in total. The molecule has 5 heteroatoms. The number of carbonyl (C=O) groups is 1. The highest BCUT2D eigenvalue weighted by Crippen LogP contribution is 2.25. The number of methoxy groups -OCH3 is 1. The van der Waals surface area contributed by atoms with E-state index in [1.165, 1.54) is 6.08 Å². The van der Waals surface area contributed by atoms with Crippen molar-refractivity contribution in [1.29, 1.82) is 0 Å². The van der Waals surface area contributed by atoms with Gasteiger partial charge in [-0.2, -0.15) is 0 Å². The Morgan fingerprint density at radius 3 is 2.75 bits per heavy atom. The third kappa shape index (κ3) is 5.75. The molecule has 0 atom stereocenters. The second kappa shape index (κ2) is 7.45. The van der Waals surface area contributed by atoms with Gasteiger partial charge in [0.1, 0.15) is 5.75 Å².